The van der Waals surface area contributed by atoms with Crippen molar-refractivity contribution in [3.05, 3.63) is 12.1 Å². The summed E-state index contributed by atoms with van der Waals surface area (Å²) < 4.78 is 22.9. The van der Waals surface area contributed by atoms with Crippen molar-refractivity contribution in [2.24, 2.45) is 28.1 Å². The molecule has 4 rings (SSSR count). The molecule has 2 heterocycles. The van der Waals surface area contributed by atoms with Gasteiger partial charge in [-0.1, -0.05) is 74.4 Å². The van der Waals surface area contributed by atoms with Crippen molar-refractivity contribution in [3.8, 4) is 0 Å². The highest BCUT2D eigenvalue weighted by molar-refractivity contribution is 6.52. The molecule has 0 aromatic heterocycles. The van der Waals surface area contributed by atoms with Gasteiger partial charge in [-0.05, 0) is 52.6 Å². The molecule has 0 aromatic rings. The van der Waals surface area contributed by atoms with Crippen LogP contribution in [0.5, 0.6) is 0 Å². The molecule has 0 bridgehead atoms. The van der Waals surface area contributed by atoms with E-state index in [4.69, 9.17) is 28.7 Å². The van der Waals surface area contributed by atoms with Crippen LogP contribution in [0, 0.1) is 28.1 Å². The fraction of sp³-hybridized carbons (Fsp3) is 0.833. The molecule has 4 aliphatic rings. The van der Waals surface area contributed by atoms with E-state index in [9.17, 15) is 19.2 Å². The minimum Gasteiger partial charge on any atom is -0.427 e. The first-order valence-corrected chi connectivity index (χ1v) is 18.5. The first-order valence-electron chi connectivity index (χ1n) is 18.5. The van der Waals surface area contributed by atoms with E-state index in [0.29, 0.717) is 11.8 Å². The van der Waals surface area contributed by atoms with Crippen LogP contribution in [0.2, 0.25) is 11.6 Å². The molecule has 53 heavy (non-hydrogen) atoms. The van der Waals surface area contributed by atoms with E-state index in [1.807, 2.05) is 26.8 Å². The smallest absolute Gasteiger partial charge is 0.427 e. The zero-order valence-electron chi connectivity index (χ0n) is 35.4. The summed E-state index contributed by atoms with van der Waals surface area (Å²) in [5.41, 5.74) is 0.397. The van der Waals surface area contributed by atoms with E-state index in [1.165, 1.54) is 19.6 Å². The second-order valence-electron chi connectivity index (χ2n) is 18.8. The zero-order chi connectivity index (χ0) is 41.1. The van der Waals surface area contributed by atoms with Gasteiger partial charge in [0.1, 0.15) is 0 Å². The first-order chi connectivity index (χ1) is 24.0. The number of carbonyl (C=O) groups is 4. The van der Waals surface area contributed by atoms with E-state index in [-0.39, 0.29) is 51.5 Å². The highest BCUT2D eigenvalue weighted by atomic mass is 16.7. The van der Waals surface area contributed by atoms with Crippen molar-refractivity contribution in [1.29, 1.82) is 0 Å². The molecule has 2 aliphatic heterocycles. The Morgan fingerprint density at radius 3 is 1.15 bits per heavy atom. The maximum atomic E-state index is 12.3. The van der Waals surface area contributed by atoms with Crippen LogP contribution in [0.3, 0.4) is 0 Å². The van der Waals surface area contributed by atoms with Gasteiger partial charge in [0, 0.05) is 56.4 Å². The Morgan fingerprint density at radius 2 is 0.925 bits per heavy atom. The summed E-state index contributed by atoms with van der Waals surface area (Å²) in [7, 11) is 10.9. The van der Waals surface area contributed by atoms with E-state index in [1.54, 1.807) is 62.4 Å². The van der Waals surface area contributed by atoms with Gasteiger partial charge >= 0.3 is 21.4 Å². The number of amides is 4. The number of hydrogen-bond donors (Lipinski definition) is 2. The highest BCUT2D eigenvalue weighted by Crippen LogP contribution is 2.58. The van der Waals surface area contributed by atoms with Gasteiger partial charge in [-0.15, -0.1) is 0 Å². The number of carbonyl (C=O) groups excluding carboxylic acids is 4. The van der Waals surface area contributed by atoms with Crippen molar-refractivity contribution in [2.45, 2.75) is 111 Å². The molecule has 0 unspecified atom stereocenters. The predicted octanol–water partition coefficient (Wildman–Crippen LogP) is 2.34. The van der Waals surface area contributed by atoms with Crippen molar-refractivity contribution in [2.75, 3.05) is 56.4 Å². The number of nitrogens with zero attached hydrogens (tertiary/aromatic N) is 4. The van der Waals surface area contributed by atoms with Crippen LogP contribution in [0.15, 0.2) is 12.1 Å². The van der Waals surface area contributed by atoms with E-state index in [2.05, 4.69) is 41.5 Å². The van der Waals surface area contributed by atoms with Crippen LogP contribution in [0.25, 0.3) is 0 Å². The van der Waals surface area contributed by atoms with Gasteiger partial charge in [0.25, 0.3) is 23.6 Å². The molecule has 300 valence electrons. The summed E-state index contributed by atoms with van der Waals surface area (Å²) in [5, 5.41) is 17.6. The molecular formula is C36H67B3N4O10. The average molecular weight is 748 g/mol. The molecule has 0 radical (unpaired) electrons. The van der Waals surface area contributed by atoms with Crippen LogP contribution in [0.1, 0.15) is 75.2 Å². The topological polar surface area (TPSA) is 159 Å². The molecular weight excluding hydrogens is 681 g/mol. The summed E-state index contributed by atoms with van der Waals surface area (Å²) in [4.78, 5) is 54.6. The minimum absolute atomic E-state index is 0.0303. The molecule has 2 N–H and O–H groups in total. The Bertz CT molecular complexity index is 1250. The maximum Gasteiger partial charge on any atom is 0.487 e. The fourth-order valence-corrected chi connectivity index (χ4v) is 6.41. The highest BCUT2D eigenvalue weighted by Gasteiger charge is 2.60. The summed E-state index contributed by atoms with van der Waals surface area (Å²) in [5.74, 6) is 2.15. The molecule has 4 amide bonds. The third-order valence-electron chi connectivity index (χ3n) is 9.80. The summed E-state index contributed by atoms with van der Waals surface area (Å²) in [6.07, 6.45) is 0.402. The monoisotopic (exact) mass is 749 g/mol. The lowest BCUT2D eigenvalue weighted by molar-refractivity contribution is -0.146. The largest absolute Gasteiger partial charge is 0.487 e. The first kappa shape index (κ1) is 46.7. The van der Waals surface area contributed by atoms with Crippen LogP contribution >= 0.6 is 0 Å². The van der Waals surface area contributed by atoms with Crippen LogP contribution in [0.4, 0.5) is 0 Å². The van der Waals surface area contributed by atoms with E-state index < -0.39 is 45.8 Å². The Kier molecular flexibility index (Phi) is 15.9. The number of hydrogen-bond acceptors (Lipinski definition) is 10. The zero-order valence-corrected chi connectivity index (χ0v) is 35.4. The molecule has 0 aromatic carbocycles. The fourth-order valence-electron chi connectivity index (χ4n) is 6.41. The maximum absolute atomic E-state index is 12.3. The van der Waals surface area contributed by atoms with Gasteiger partial charge < -0.3 is 48.3 Å². The van der Waals surface area contributed by atoms with Gasteiger partial charge in [-0.25, -0.2) is 0 Å². The summed E-state index contributed by atoms with van der Waals surface area (Å²) in [6.45, 7) is 19.1. The van der Waals surface area contributed by atoms with Crippen molar-refractivity contribution in [1.82, 2.24) is 19.6 Å². The molecule has 2 saturated carbocycles. The molecule has 8 atom stereocenters. The minimum atomic E-state index is -1.09. The summed E-state index contributed by atoms with van der Waals surface area (Å²) >= 11 is 0. The second kappa shape index (κ2) is 18.0. The lowest BCUT2D eigenvalue weighted by Crippen LogP contribution is -2.47. The Morgan fingerprint density at radius 1 is 0.585 bits per heavy atom. The third-order valence-corrected chi connectivity index (χ3v) is 9.80. The molecule has 14 nitrogen and oxygen atoms in total. The lowest BCUT2D eigenvalue weighted by atomic mass is 9.75. The van der Waals surface area contributed by atoms with Crippen LogP contribution < -0.4 is 0 Å². The van der Waals surface area contributed by atoms with Gasteiger partial charge in [0.05, 0.1) is 0 Å². The van der Waals surface area contributed by atoms with E-state index >= 15 is 0 Å². The average Bonchev–Trinajstić information content (AvgIpc) is 3.93. The predicted molar refractivity (Wildman–Crippen MR) is 207 cm³/mol. The Balaban J connectivity index is 0.000000294. The van der Waals surface area contributed by atoms with Gasteiger partial charge in [0.15, 0.2) is 24.4 Å². The third kappa shape index (κ3) is 13.4. The Hall–Kier alpha value is -2.43. The van der Waals surface area contributed by atoms with Gasteiger partial charge in [-0.3, -0.25) is 19.2 Å². The number of likely N-dealkylation sites (N-methyl/N-ethyl adjacent to an activating group) is 4. The lowest BCUT2D eigenvalue weighted by Gasteiger charge is -2.22. The van der Waals surface area contributed by atoms with Crippen LogP contribution in [-0.2, 0) is 37.8 Å². The number of allylic oxidation sites excluding steroid dienone is 1. The number of rotatable bonds is 7. The van der Waals surface area contributed by atoms with Crippen molar-refractivity contribution >= 4 is 45.0 Å². The Labute approximate surface area is 319 Å². The normalized spacial score (nSPS) is 28.0. The molecule has 2 saturated heterocycles. The van der Waals surface area contributed by atoms with Gasteiger partial charge in [-0.2, -0.15) is 0 Å². The molecule has 4 fully saturated rings. The summed E-state index contributed by atoms with van der Waals surface area (Å²) in [6, 6.07) is 0. The molecule has 0 spiro atoms. The van der Waals surface area contributed by atoms with Gasteiger partial charge in [0.2, 0.25) is 0 Å². The quantitative estimate of drug-likeness (QED) is 0.371. The molecule has 17 heteroatoms. The standard InChI is InChI=1S/C15H27BN2O4.C14H25BN2O4.C7H15BO2/c1-15(2,3)9-8-10(9)16-21-11(13(19)17(4)5)12(22-16)14(20)18(6)7;1-14(2,3)8-9-15-20-10(12(18)16(4)5)11(21-15)13(19)17(6)7;1-7(2,3)5-4-6(5)8(9)10/h9-12H,8H2,1-7H3;8-11H,1-7H3;5-6,9-10H,4H2,1-3H3/b;9-8+;/t9-,10-,11+,12+;10-,11-;5-,6-/m101/s1. The van der Waals surface area contributed by atoms with Crippen molar-refractivity contribution in [3.63, 3.8) is 0 Å². The molecule has 2 aliphatic carbocycles. The SMILES string of the molecule is CC(C)(C)[C@@H]1C[C@H]1B(O)O.CN(C)C(=O)[C@H]1OB(/C=C/C(C)(C)C)O[C@@H]1C(=O)N(C)C.CN(C)C(=O)[C@H]1OB([C@@H]2C[C@H]2C(C)(C)C)O[C@@H]1C(=O)N(C)C. The van der Waals surface area contributed by atoms with E-state index in [0.717, 1.165) is 12.8 Å². The van der Waals surface area contributed by atoms with Crippen LogP contribution in [-0.4, -0.2) is 155 Å². The second-order valence-corrected chi connectivity index (χ2v) is 18.8. The van der Waals surface area contributed by atoms with Crippen molar-refractivity contribution < 1.29 is 47.8 Å².